The lowest BCUT2D eigenvalue weighted by Gasteiger charge is -2.37. The zero-order chi connectivity index (χ0) is 25.4. The Morgan fingerprint density at radius 1 is 1.03 bits per heavy atom. The maximum absolute atomic E-state index is 13.9. The third kappa shape index (κ3) is 4.45. The number of fused-ring (bicyclic) bond motifs is 2. The molecule has 186 valence electrons. The van der Waals surface area contributed by atoms with Crippen molar-refractivity contribution in [2.45, 2.75) is 53.1 Å². The zero-order valence-electron chi connectivity index (χ0n) is 21.6. The van der Waals surface area contributed by atoms with E-state index < -0.39 is 5.92 Å². The molecule has 0 aromatic heterocycles. The Balaban J connectivity index is 1.52. The van der Waals surface area contributed by atoms with Crippen molar-refractivity contribution >= 4 is 23.5 Å². The highest BCUT2D eigenvalue weighted by Gasteiger charge is 2.42. The van der Waals surface area contributed by atoms with Gasteiger partial charge in [-0.2, -0.15) is 0 Å². The van der Waals surface area contributed by atoms with E-state index >= 15 is 0 Å². The quantitative estimate of drug-likeness (QED) is 0.477. The summed E-state index contributed by atoms with van der Waals surface area (Å²) in [5.41, 5.74) is 5.29. The lowest BCUT2D eigenvalue weighted by atomic mass is 9.75. The number of nitrogens with one attached hydrogen (secondary N) is 1. The van der Waals surface area contributed by atoms with Gasteiger partial charge in [0.25, 0.3) is 0 Å². The summed E-state index contributed by atoms with van der Waals surface area (Å²) in [4.78, 5) is 27.4. The maximum Gasteiger partial charge on any atom is 0.337 e. The third-order valence-electron chi connectivity index (χ3n) is 8.01. The molecule has 5 rings (SSSR count). The predicted molar refractivity (Wildman–Crippen MR) is 144 cm³/mol. The van der Waals surface area contributed by atoms with Crippen LogP contribution in [0.5, 0.6) is 0 Å². The fraction of sp³-hybridized carbons (Fsp3) is 0.375. The van der Waals surface area contributed by atoms with Gasteiger partial charge in [0.2, 0.25) is 0 Å². The highest BCUT2D eigenvalue weighted by molar-refractivity contribution is 6.22. The molecule has 0 radical (unpaired) electrons. The molecule has 4 nitrogen and oxygen atoms in total. The van der Waals surface area contributed by atoms with Crippen LogP contribution >= 0.6 is 0 Å². The number of ether oxygens (including phenoxy) is 1. The smallest absolute Gasteiger partial charge is 0.337 e. The molecule has 1 N–H and O–H groups in total. The molecule has 4 heteroatoms. The molecule has 3 aliphatic rings. The lowest BCUT2D eigenvalue weighted by Crippen LogP contribution is -2.38. The molecule has 0 amide bonds. The number of dihydropyridines is 1. The van der Waals surface area contributed by atoms with Crippen LogP contribution in [-0.2, 0) is 9.53 Å². The van der Waals surface area contributed by atoms with E-state index in [1.807, 2.05) is 73.7 Å². The first-order valence-electron chi connectivity index (χ1n) is 13.2. The van der Waals surface area contributed by atoms with Crippen LogP contribution in [0.4, 0.5) is 0 Å². The van der Waals surface area contributed by atoms with Gasteiger partial charge in [0.05, 0.1) is 11.3 Å². The number of carbonyl (C=O) groups is 2. The van der Waals surface area contributed by atoms with Crippen molar-refractivity contribution in [1.82, 2.24) is 5.32 Å². The molecule has 2 aromatic rings. The van der Waals surface area contributed by atoms with Gasteiger partial charge in [-0.15, -0.1) is 0 Å². The van der Waals surface area contributed by atoms with Gasteiger partial charge in [-0.3, -0.25) is 4.79 Å². The number of hydrogen-bond acceptors (Lipinski definition) is 4. The topological polar surface area (TPSA) is 55.4 Å². The summed E-state index contributed by atoms with van der Waals surface area (Å²) < 4.78 is 6.28. The van der Waals surface area contributed by atoms with E-state index in [4.69, 9.17) is 4.74 Å². The van der Waals surface area contributed by atoms with Gasteiger partial charge in [0, 0.05) is 28.3 Å². The van der Waals surface area contributed by atoms with Gasteiger partial charge >= 0.3 is 5.97 Å². The van der Waals surface area contributed by atoms with Gasteiger partial charge in [0.1, 0.15) is 6.10 Å². The Hall–Kier alpha value is -3.40. The van der Waals surface area contributed by atoms with E-state index in [9.17, 15) is 9.59 Å². The van der Waals surface area contributed by atoms with Crippen LogP contribution in [0.2, 0.25) is 0 Å². The van der Waals surface area contributed by atoms with E-state index in [1.54, 1.807) is 0 Å². The first-order valence-corrected chi connectivity index (χ1v) is 13.2. The van der Waals surface area contributed by atoms with E-state index in [0.717, 1.165) is 35.4 Å². The van der Waals surface area contributed by atoms with E-state index in [1.165, 1.54) is 6.42 Å². The summed E-state index contributed by atoms with van der Waals surface area (Å²) in [6.07, 6.45) is 7.01. The molecule has 36 heavy (non-hydrogen) atoms. The van der Waals surface area contributed by atoms with Crippen molar-refractivity contribution in [3.63, 3.8) is 0 Å². The van der Waals surface area contributed by atoms with Gasteiger partial charge < -0.3 is 10.1 Å². The summed E-state index contributed by atoms with van der Waals surface area (Å²) >= 11 is 0. The molecule has 1 aliphatic heterocycles. The molecular weight excluding hydrogens is 446 g/mol. The van der Waals surface area contributed by atoms with Crippen LogP contribution in [0, 0.1) is 23.7 Å². The van der Waals surface area contributed by atoms with Crippen LogP contribution in [0.1, 0.15) is 68.4 Å². The Kier molecular flexibility index (Phi) is 6.70. The average molecular weight is 482 g/mol. The molecule has 0 saturated heterocycles. The molecule has 2 aromatic carbocycles. The number of hydrogen-bond donors (Lipinski definition) is 1. The lowest BCUT2D eigenvalue weighted by molar-refractivity contribution is -0.151. The summed E-state index contributed by atoms with van der Waals surface area (Å²) in [5, 5.41) is 3.41. The Morgan fingerprint density at radius 3 is 2.44 bits per heavy atom. The van der Waals surface area contributed by atoms with Gasteiger partial charge in [-0.1, -0.05) is 93.9 Å². The van der Waals surface area contributed by atoms with Crippen LogP contribution in [0.25, 0.3) is 11.8 Å². The molecule has 0 unspecified atom stereocenters. The van der Waals surface area contributed by atoms with Crippen LogP contribution in [0.3, 0.4) is 0 Å². The van der Waals surface area contributed by atoms with E-state index in [0.29, 0.717) is 34.5 Å². The molecular formula is C32H35NO3. The summed E-state index contributed by atoms with van der Waals surface area (Å²) in [7, 11) is 0. The summed E-state index contributed by atoms with van der Waals surface area (Å²) in [6, 6.07) is 17.6. The Morgan fingerprint density at radius 2 is 1.72 bits per heavy atom. The zero-order valence-corrected chi connectivity index (χ0v) is 21.6. The van der Waals surface area contributed by atoms with Crippen molar-refractivity contribution in [2.24, 2.45) is 23.7 Å². The van der Waals surface area contributed by atoms with Crippen molar-refractivity contribution < 1.29 is 14.3 Å². The Labute approximate surface area is 214 Å². The number of ketones is 1. The first-order chi connectivity index (χ1) is 17.3. The monoisotopic (exact) mass is 481 g/mol. The minimum absolute atomic E-state index is 0.0278. The van der Waals surface area contributed by atoms with Crippen molar-refractivity contribution in [3.8, 4) is 0 Å². The molecule has 0 bridgehead atoms. The summed E-state index contributed by atoms with van der Waals surface area (Å²) in [6.45, 7) is 8.58. The van der Waals surface area contributed by atoms with Gasteiger partial charge in [-0.25, -0.2) is 4.79 Å². The average Bonchev–Trinajstić information content (AvgIpc) is 3.14. The predicted octanol–water partition coefficient (Wildman–Crippen LogP) is 6.80. The number of benzene rings is 2. The number of rotatable bonds is 5. The molecule has 1 fully saturated rings. The number of Topliss-reactive ketones (excluding diaryl/α,β-unsaturated/α-hetero) is 1. The highest BCUT2D eigenvalue weighted by Crippen LogP contribution is 2.44. The Bertz CT molecular complexity index is 1270. The van der Waals surface area contributed by atoms with E-state index in [-0.39, 0.29) is 17.9 Å². The SMILES string of the molecule is CC1=C(C(=O)O[C@@H]2C[C@H](C)CC[C@@H]2C(C)C)[C@@H](/C=C/c2ccccc2)C2=C(N1)c1ccccc1C2=O. The molecule has 2 aliphatic carbocycles. The maximum atomic E-state index is 13.9. The van der Waals surface area contributed by atoms with Gasteiger partial charge in [0.15, 0.2) is 5.78 Å². The van der Waals surface area contributed by atoms with E-state index in [2.05, 4.69) is 26.1 Å². The minimum atomic E-state index is -0.479. The molecule has 1 saturated carbocycles. The number of allylic oxidation sites excluding steroid dienone is 3. The minimum Gasteiger partial charge on any atom is -0.459 e. The number of esters is 1. The van der Waals surface area contributed by atoms with Crippen LogP contribution in [0.15, 0.2) is 77.5 Å². The second-order valence-electron chi connectivity index (χ2n) is 10.8. The van der Waals surface area contributed by atoms with Crippen LogP contribution < -0.4 is 5.32 Å². The fourth-order valence-corrected chi connectivity index (χ4v) is 6.06. The highest BCUT2D eigenvalue weighted by atomic mass is 16.5. The standard InChI is InChI=1S/C32H35NO3/c1-19(2)23-16-14-20(3)18-27(23)36-32(35)28-21(4)33-30-24-12-8-9-13-25(24)31(34)29(30)26(28)17-15-22-10-6-5-7-11-22/h5-13,15,17,19-20,23,26-27,33H,14,16,18H2,1-4H3/b17-15+/t20-,23-,26-,27-/m1/s1. The van der Waals surface area contributed by atoms with Crippen LogP contribution in [-0.4, -0.2) is 17.9 Å². The summed E-state index contributed by atoms with van der Waals surface area (Å²) in [5.74, 6) is 0.512. The van der Waals surface area contributed by atoms with Crippen molar-refractivity contribution in [3.05, 3.63) is 94.2 Å². The molecule has 0 spiro atoms. The molecule has 4 atom stereocenters. The second kappa shape index (κ2) is 9.93. The first kappa shape index (κ1) is 24.3. The van der Waals surface area contributed by atoms with Crippen molar-refractivity contribution in [1.29, 1.82) is 0 Å². The third-order valence-corrected chi connectivity index (χ3v) is 8.01. The van der Waals surface area contributed by atoms with Gasteiger partial charge in [-0.05, 0) is 43.1 Å². The van der Waals surface area contributed by atoms with Crippen molar-refractivity contribution in [2.75, 3.05) is 0 Å². The number of carbonyl (C=O) groups excluding carboxylic acids is 2. The fourth-order valence-electron chi connectivity index (χ4n) is 6.06. The second-order valence-corrected chi connectivity index (χ2v) is 10.8. The largest absolute Gasteiger partial charge is 0.459 e. The normalized spacial score (nSPS) is 25.8. The molecule has 1 heterocycles.